The summed E-state index contributed by atoms with van der Waals surface area (Å²) >= 11 is 4.48. The van der Waals surface area contributed by atoms with Crippen LogP contribution in [0.5, 0.6) is 0 Å². The molecule has 1 fully saturated rings. The van der Waals surface area contributed by atoms with E-state index in [1.165, 1.54) is 11.7 Å². The van der Waals surface area contributed by atoms with Crippen molar-refractivity contribution in [2.24, 2.45) is 0 Å². The third-order valence-electron chi connectivity index (χ3n) is 3.62. The molecule has 9 heteroatoms. The zero-order chi connectivity index (χ0) is 15.6. The first-order valence-electron chi connectivity index (χ1n) is 6.85. The summed E-state index contributed by atoms with van der Waals surface area (Å²) in [4.78, 5) is 2.41. The smallest absolute Gasteiger partial charge is 0.241 e. The van der Waals surface area contributed by atoms with E-state index in [1.54, 1.807) is 30.5 Å². The first-order valence-corrected chi connectivity index (χ1v) is 9.86. The van der Waals surface area contributed by atoms with Gasteiger partial charge in [0.1, 0.15) is 0 Å². The van der Waals surface area contributed by atoms with E-state index in [2.05, 4.69) is 34.3 Å². The van der Waals surface area contributed by atoms with Gasteiger partial charge in [-0.1, -0.05) is 12.1 Å². The van der Waals surface area contributed by atoms with E-state index in [1.807, 2.05) is 0 Å². The molecule has 1 aliphatic rings. The number of hydrogen-bond donors (Lipinski definition) is 1. The van der Waals surface area contributed by atoms with Crippen LogP contribution in [0.3, 0.4) is 0 Å². The molecule has 0 spiro atoms. The third kappa shape index (κ3) is 3.48. The standard InChI is InChI=1S/C13H15BrN4O2S2/c14-11-3-1-2-4-12(11)22(19,20)17-10-5-7-18(8-6-10)13-9-15-21-16-13/h1-4,9-10,17H,5-8H2. The monoisotopic (exact) mass is 402 g/mol. The predicted molar refractivity (Wildman–Crippen MR) is 89.6 cm³/mol. The minimum absolute atomic E-state index is 0.0556. The number of nitrogens with zero attached hydrogens (tertiary/aromatic N) is 3. The molecule has 0 saturated carbocycles. The minimum Gasteiger partial charge on any atom is -0.354 e. The van der Waals surface area contributed by atoms with Gasteiger partial charge in [0, 0.05) is 23.6 Å². The molecule has 0 radical (unpaired) electrons. The van der Waals surface area contributed by atoms with Gasteiger partial charge in [-0.05, 0) is 40.9 Å². The van der Waals surface area contributed by atoms with E-state index in [-0.39, 0.29) is 10.9 Å². The van der Waals surface area contributed by atoms with Gasteiger partial charge < -0.3 is 4.90 Å². The molecule has 118 valence electrons. The largest absolute Gasteiger partial charge is 0.354 e. The molecule has 6 nitrogen and oxygen atoms in total. The molecular weight excluding hydrogens is 388 g/mol. The van der Waals surface area contributed by atoms with Crippen molar-refractivity contribution in [1.29, 1.82) is 0 Å². The van der Waals surface area contributed by atoms with Crippen molar-refractivity contribution in [2.45, 2.75) is 23.8 Å². The average Bonchev–Trinajstić information content (AvgIpc) is 3.02. The van der Waals surface area contributed by atoms with Gasteiger partial charge in [-0.3, -0.25) is 0 Å². The maximum Gasteiger partial charge on any atom is 0.241 e. The summed E-state index contributed by atoms with van der Waals surface area (Å²) in [5.41, 5.74) is 0. The van der Waals surface area contributed by atoms with Crippen molar-refractivity contribution in [3.63, 3.8) is 0 Å². The summed E-state index contributed by atoms with van der Waals surface area (Å²) in [6.45, 7) is 1.54. The van der Waals surface area contributed by atoms with E-state index in [4.69, 9.17) is 0 Å². The molecule has 1 aromatic carbocycles. The van der Waals surface area contributed by atoms with Crippen molar-refractivity contribution in [3.05, 3.63) is 34.9 Å². The Kier molecular flexibility index (Phi) is 4.76. The van der Waals surface area contributed by atoms with Gasteiger partial charge >= 0.3 is 0 Å². The number of aromatic nitrogens is 2. The Morgan fingerprint density at radius 2 is 2.00 bits per heavy atom. The van der Waals surface area contributed by atoms with Crippen molar-refractivity contribution < 1.29 is 8.42 Å². The fourth-order valence-corrected chi connectivity index (χ4v) is 5.21. The zero-order valence-corrected chi connectivity index (χ0v) is 14.9. The summed E-state index contributed by atoms with van der Waals surface area (Å²) in [6.07, 6.45) is 3.25. The molecule has 0 unspecified atom stereocenters. The third-order valence-corrected chi connectivity index (χ3v) is 6.62. The second-order valence-corrected chi connectivity index (χ2v) is 8.17. The molecule has 1 N–H and O–H groups in total. The van der Waals surface area contributed by atoms with Gasteiger partial charge in [-0.25, -0.2) is 13.1 Å². The molecule has 0 bridgehead atoms. The number of nitrogens with one attached hydrogen (secondary N) is 1. The molecule has 1 aliphatic heterocycles. The Labute approximate surface area is 142 Å². The quantitative estimate of drug-likeness (QED) is 0.848. The molecule has 22 heavy (non-hydrogen) atoms. The highest BCUT2D eigenvalue weighted by Gasteiger charge is 2.26. The van der Waals surface area contributed by atoms with Crippen LogP contribution in [0.15, 0.2) is 39.8 Å². The Morgan fingerprint density at radius 3 is 2.64 bits per heavy atom. The van der Waals surface area contributed by atoms with Crippen LogP contribution in [0, 0.1) is 0 Å². The summed E-state index contributed by atoms with van der Waals surface area (Å²) in [6, 6.07) is 6.79. The second kappa shape index (κ2) is 6.61. The van der Waals surface area contributed by atoms with Crippen LogP contribution >= 0.6 is 27.7 Å². The Morgan fingerprint density at radius 1 is 1.27 bits per heavy atom. The molecule has 2 heterocycles. The lowest BCUT2D eigenvalue weighted by Crippen LogP contribution is -2.44. The highest BCUT2D eigenvalue weighted by molar-refractivity contribution is 9.10. The van der Waals surface area contributed by atoms with Gasteiger partial charge in [-0.2, -0.15) is 8.75 Å². The Hall–Kier alpha value is -1.03. The van der Waals surface area contributed by atoms with Crippen molar-refractivity contribution in [3.8, 4) is 0 Å². The minimum atomic E-state index is -3.50. The SMILES string of the molecule is O=S(=O)(NC1CCN(c2cnsn2)CC1)c1ccccc1Br. The van der Waals surface area contributed by atoms with E-state index in [0.29, 0.717) is 4.47 Å². The number of hydrogen-bond acceptors (Lipinski definition) is 6. The lowest BCUT2D eigenvalue weighted by molar-refractivity contribution is 0.458. The van der Waals surface area contributed by atoms with Crippen LogP contribution in [0.4, 0.5) is 5.82 Å². The van der Waals surface area contributed by atoms with Crippen molar-refractivity contribution >= 4 is 43.5 Å². The number of piperidine rings is 1. The second-order valence-electron chi connectivity index (χ2n) is 5.08. The van der Waals surface area contributed by atoms with Crippen LogP contribution in [-0.4, -0.2) is 36.3 Å². The summed E-state index contributed by atoms with van der Waals surface area (Å²) < 4.78 is 36.5. The topological polar surface area (TPSA) is 75.2 Å². The highest BCUT2D eigenvalue weighted by atomic mass is 79.9. The van der Waals surface area contributed by atoms with Crippen molar-refractivity contribution in [1.82, 2.24) is 13.5 Å². The number of anilines is 1. The van der Waals surface area contributed by atoms with Gasteiger partial charge in [-0.15, -0.1) is 0 Å². The molecule has 0 aliphatic carbocycles. The number of halogens is 1. The van der Waals surface area contributed by atoms with E-state index in [0.717, 1.165) is 31.7 Å². The molecule has 2 aromatic rings. The summed E-state index contributed by atoms with van der Waals surface area (Å²) in [5, 5.41) is 0. The summed E-state index contributed by atoms with van der Waals surface area (Å²) in [7, 11) is -3.50. The van der Waals surface area contributed by atoms with E-state index in [9.17, 15) is 8.42 Å². The Balaban J connectivity index is 1.64. The fourth-order valence-electron chi connectivity index (χ4n) is 2.47. The molecule has 1 saturated heterocycles. The molecular formula is C13H15BrN4O2S2. The van der Waals surface area contributed by atoms with Crippen LogP contribution in [0.1, 0.15) is 12.8 Å². The average molecular weight is 403 g/mol. The van der Waals surface area contributed by atoms with Crippen molar-refractivity contribution in [2.75, 3.05) is 18.0 Å². The highest BCUT2D eigenvalue weighted by Crippen LogP contribution is 2.23. The maximum atomic E-state index is 12.5. The van der Waals surface area contributed by atoms with Crippen LogP contribution in [0.2, 0.25) is 0 Å². The number of sulfonamides is 1. The van der Waals surface area contributed by atoms with E-state index < -0.39 is 10.0 Å². The lowest BCUT2D eigenvalue weighted by Gasteiger charge is -2.32. The first kappa shape index (κ1) is 15.9. The predicted octanol–water partition coefficient (Wildman–Crippen LogP) is 2.25. The van der Waals surface area contributed by atoms with Gasteiger partial charge in [0.2, 0.25) is 10.0 Å². The van der Waals surface area contributed by atoms with Crippen LogP contribution < -0.4 is 9.62 Å². The molecule has 3 rings (SSSR count). The van der Waals surface area contributed by atoms with E-state index >= 15 is 0 Å². The fraction of sp³-hybridized carbons (Fsp3) is 0.385. The Bertz CT molecular complexity index is 728. The maximum absolute atomic E-state index is 12.5. The molecule has 0 amide bonds. The summed E-state index contributed by atoms with van der Waals surface area (Å²) in [5.74, 6) is 0.872. The van der Waals surface area contributed by atoms with Gasteiger partial charge in [0.05, 0.1) is 22.8 Å². The van der Waals surface area contributed by atoms with Crippen LogP contribution in [-0.2, 0) is 10.0 Å². The number of benzene rings is 1. The normalized spacial score (nSPS) is 16.9. The first-order chi connectivity index (χ1) is 10.6. The molecule has 0 atom stereocenters. The van der Waals surface area contributed by atoms with Crippen LogP contribution in [0.25, 0.3) is 0 Å². The van der Waals surface area contributed by atoms with Gasteiger partial charge in [0.15, 0.2) is 5.82 Å². The number of rotatable bonds is 4. The molecule has 1 aromatic heterocycles. The van der Waals surface area contributed by atoms with Gasteiger partial charge in [0.25, 0.3) is 0 Å². The lowest BCUT2D eigenvalue weighted by atomic mass is 10.1. The zero-order valence-electron chi connectivity index (χ0n) is 11.6.